The first-order valence-electron chi connectivity index (χ1n) is 21.1. The van der Waals surface area contributed by atoms with Gasteiger partial charge in [-0.05, 0) is 44.9 Å². The number of ether oxygens (including phenoxy) is 2. The van der Waals surface area contributed by atoms with Crippen LogP contribution >= 0.6 is 7.82 Å². The van der Waals surface area contributed by atoms with Crippen LogP contribution in [0.5, 0.6) is 0 Å². The van der Waals surface area contributed by atoms with Crippen LogP contribution in [0.4, 0.5) is 0 Å². The fourth-order valence-electron chi connectivity index (χ4n) is 5.30. The second-order valence-electron chi connectivity index (χ2n) is 15.2. The van der Waals surface area contributed by atoms with Crippen molar-refractivity contribution in [3.8, 4) is 0 Å². The molecular formula is C44H81NO8P+. The highest BCUT2D eigenvalue weighted by molar-refractivity contribution is 7.47. The summed E-state index contributed by atoms with van der Waals surface area (Å²) in [5.74, 6) is -0.382. The summed E-state index contributed by atoms with van der Waals surface area (Å²) in [7, 11) is 1.60. The van der Waals surface area contributed by atoms with Crippen molar-refractivity contribution in [1.82, 2.24) is 0 Å². The summed E-state index contributed by atoms with van der Waals surface area (Å²) in [6.07, 6.45) is 42.1. The Morgan fingerprint density at radius 2 is 1.20 bits per heavy atom. The van der Waals surface area contributed by atoms with Crippen LogP contribution in [0, 0.1) is 0 Å². The highest BCUT2D eigenvalue weighted by Gasteiger charge is 2.26. The van der Waals surface area contributed by atoms with Gasteiger partial charge in [0, 0.05) is 13.0 Å². The van der Waals surface area contributed by atoms with E-state index in [2.05, 4.69) is 49.5 Å². The second kappa shape index (κ2) is 36.8. The maximum Gasteiger partial charge on any atom is 0.472 e. The highest BCUT2D eigenvalue weighted by atomic mass is 31.2. The Hall–Kier alpha value is -1.84. The molecule has 0 bridgehead atoms. The van der Waals surface area contributed by atoms with Gasteiger partial charge in [0.05, 0.1) is 40.5 Å². The van der Waals surface area contributed by atoms with Crippen LogP contribution in [0.25, 0.3) is 0 Å². The molecule has 3 unspecified atom stereocenters. The van der Waals surface area contributed by atoms with E-state index in [4.69, 9.17) is 18.5 Å². The van der Waals surface area contributed by atoms with E-state index in [9.17, 15) is 19.4 Å². The van der Waals surface area contributed by atoms with E-state index in [-0.39, 0.29) is 38.3 Å². The smallest absolute Gasteiger partial charge is 0.457 e. The van der Waals surface area contributed by atoms with Crippen molar-refractivity contribution in [3.05, 3.63) is 60.8 Å². The molecule has 9 nitrogen and oxygen atoms in total. The number of esters is 1. The summed E-state index contributed by atoms with van der Waals surface area (Å²) in [5, 5.41) is 9.48. The number of quaternary nitrogens is 1. The van der Waals surface area contributed by atoms with Gasteiger partial charge in [0.15, 0.2) is 0 Å². The van der Waals surface area contributed by atoms with Gasteiger partial charge >= 0.3 is 13.8 Å². The third kappa shape index (κ3) is 39.8. The quantitative estimate of drug-likeness (QED) is 0.0159. The number of hydrogen-bond acceptors (Lipinski definition) is 7. The molecule has 0 radical (unpaired) electrons. The van der Waals surface area contributed by atoms with Crippen molar-refractivity contribution in [2.24, 2.45) is 0 Å². The van der Waals surface area contributed by atoms with E-state index in [0.29, 0.717) is 24.1 Å². The number of aliphatic hydroxyl groups excluding tert-OH is 1. The number of nitrogens with zero attached hydrogens (tertiary/aromatic N) is 1. The van der Waals surface area contributed by atoms with Crippen LogP contribution in [-0.4, -0.2) is 86.8 Å². The molecule has 3 atom stereocenters. The Morgan fingerprint density at radius 3 is 1.76 bits per heavy atom. The molecule has 314 valence electrons. The van der Waals surface area contributed by atoms with Crippen molar-refractivity contribution >= 4 is 13.8 Å². The van der Waals surface area contributed by atoms with E-state index in [0.717, 1.165) is 44.9 Å². The number of likely N-dealkylation sites (N-methyl/N-ethyl adjacent to an activating group) is 1. The molecule has 2 N–H and O–H groups in total. The minimum absolute atomic E-state index is 0.0700. The molecule has 0 aliphatic carbocycles. The fourth-order valence-corrected chi connectivity index (χ4v) is 6.05. The number of allylic oxidation sites excluding steroid dienone is 9. The minimum atomic E-state index is -4.30. The summed E-state index contributed by atoms with van der Waals surface area (Å²) in [6.45, 7) is 5.19. The van der Waals surface area contributed by atoms with E-state index in [1.54, 1.807) is 6.08 Å². The van der Waals surface area contributed by atoms with E-state index < -0.39 is 13.9 Å². The molecule has 0 aromatic carbocycles. The van der Waals surface area contributed by atoms with E-state index >= 15 is 0 Å². The van der Waals surface area contributed by atoms with Gasteiger partial charge in [-0.3, -0.25) is 13.8 Å². The Kier molecular flexibility index (Phi) is 35.5. The number of aliphatic hydroxyl groups is 1. The number of carbonyl (C=O) groups excluding carboxylic acids is 1. The van der Waals surface area contributed by atoms with Crippen LogP contribution in [0.15, 0.2) is 60.8 Å². The molecule has 0 saturated carbocycles. The van der Waals surface area contributed by atoms with Crippen molar-refractivity contribution in [3.63, 3.8) is 0 Å². The predicted octanol–water partition coefficient (Wildman–Crippen LogP) is 11.1. The molecule has 0 heterocycles. The maximum absolute atomic E-state index is 12.6. The summed E-state index contributed by atoms with van der Waals surface area (Å²) in [4.78, 5) is 22.8. The lowest BCUT2D eigenvalue weighted by Gasteiger charge is -2.24. The Bertz CT molecular complexity index is 1070. The molecule has 0 aromatic rings. The van der Waals surface area contributed by atoms with Crippen LogP contribution in [0.2, 0.25) is 0 Å². The second-order valence-corrected chi connectivity index (χ2v) is 16.7. The Morgan fingerprint density at radius 1 is 0.667 bits per heavy atom. The zero-order chi connectivity index (χ0) is 40.0. The number of unbranched alkanes of at least 4 members (excludes halogenated alkanes) is 14. The Balaban J connectivity index is 4.39. The lowest BCUT2D eigenvalue weighted by molar-refractivity contribution is -0.870. The predicted molar refractivity (Wildman–Crippen MR) is 225 cm³/mol. The summed E-state index contributed by atoms with van der Waals surface area (Å²) in [5.41, 5.74) is 0. The fraction of sp³-hybridized carbons (Fsp3) is 0.750. The zero-order valence-corrected chi connectivity index (χ0v) is 35.9. The standard InChI is InChI=1S/C44H80NO8P/c1-6-8-9-10-11-12-13-14-19-22-25-28-31-34-38-50-40-43(41-52-54(48,49)51-39-37-45(3,4)5)53-44(47)36-33-30-27-24-21-18-16-15-17-20-23-26-29-32-35-42(46)7-2/h16-18,20,24,26-27,29,32,35,42-43,46H,6-15,19,21-23,25,28,30-31,33-34,36-41H2,1-5H3/p+1/b18-16-,20-17-,27-24-,29-26-,35-32+. The number of phosphoric ester groups is 1. The molecule has 0 saturated heterocycles. The van der Waals surface area contributed by atoms with Gasteiger partial charge in [-0.1, -0.05) is 158 Å². The molecule has 0 amide bonds. The molecule has 0 spiro atoms. The average molecular weight is 783 g/mol. The lowest BCUT2D eigenvalue weighted by Crippen LogP contribution is -2.37. The molecule has 10 heteroatoms. The van der Waals surface area contributed by atoms with Gasteiger partial charge in [-0.25, -0.2) is 4.57 Å². The number of phosphoric acid groups is 1. The summed E-state index contributed by atoms with van der Waals surface area (Å²) in [6, 6.07) is 0. The maximum atomic E-state index is 12.6. The van der Waals surface area contributed by atoms with Crippen molar-refractivity contribution in [2.75, 3.05) is 54.1 Å². The van der Waals surface area contributed by atoms with Crippen molar-refractivity contribution in [2.45, 2.75) is 161 Å². The van der Waals surface area contributed by atoms with Gasteiger partial charge < -0.3 is 24.0 Å². The van der Waals surface area contributed by atoms with Gasteiger partial charge in [0.1, 0.15) is 19.3 Å². The SMILES string of the molecule is CCCCCCCCCCCCCCCCOCC(COP(=O)(O)OCC[N+](C)(C)C)OC(=O)CCC/C=C\C/C=C\C/C=C\C/C=C\C=C\C(O)CC. The van der Waals surface area contributed by atoms with Crippen LogP contribution in [0.1, 0.15) is 149 Å². The monoisotopic (exact) mass is 783 g/mol. The zero-order valence-electron chi connectivity index (χ0n) is 35.1. The number of hydrogen-bond donors (Lipinski definition) is 2. The van der Waals surface area contributed by atoms with Crippen molar-refractivity contribution in [1.29, 1.82) is 0 Å². The largest absolute Gasteiger partial charge is 0.472 e. The highest BCUT2D eigenvalue weighted by Crippen LogP contribution is 2.43. The minimum Gasteiger partial charge on any atom is -0.457 e. The third-order valence-electron chi connectivity index (χ3n) is 8.75. The molecule has 0 aliphatic rings. The molecule has 0 rings (SSSR count). The third-order valence-corrected chi connectivity index (χ3v) is 9.74. The van der Waals surface area contributed by atoms with Crippen LogP contribution in [0.3, 0.4) is 0 Å². The number of rotatable bonds is 38. The first kappa shape index (κ1) is 52.2. The molecule has 0 aliphatic heterocycles. The normalized spacial score (nSPS) is 15.0. The lowest BCUT2D eigenvalue weighted by atomic mass is 10.0. The Labute approximate surface area is 331 Å². The summed E-state index contributed by atoms with van der Waals surface area (Å²) >= 11 is 0. The first-order chi connectivity index (χ1) is 26.0. The average Bonchev–Trinajstić information content (AvgIpc) is 3.12. The first-order valence-corrected chi connectivity index (χ1v) is 22.6. The van der Waals surface area contributed by atoms with E-state index in [1.165, 1.54) is 77.0 Å². The molecular weight excluding hydrogens is 701 g/mol. The van der Waals surface area contributed by atoms with Crippen LogP contribution < -0.4 is 0 Å². The molecule has 54 heavy (non-hydrogen) atoms. The van der Waals surface area contributed by atoms with Crippen LogP contribution in [-0.2, 0) is 27.9 Å². The molecule has 0 fully saturated rings. The van der Waals surface area contributed by atoms with Gasteiger partial charge in [-0.15, -0.1) is 0 Å². The number of carbonyl (C=O) groups is 1. The van der Waals surface area contributed by atoms with Gasteiger partial charge in [0.25, 0.3) is 0 Å². The van der Waals surface area contributed by atoms with Gasteiger partial charge in [-0.2, -0.15) is 0 Å². The topological polar surface area (TPSA) is 112 Å². The molecule has 0 aromatic heterocycles. The van der Waals surface area contributed by atoms with Gasteiger partial charge in [0.2, 0.25) is 0 Å². The van der Waals surface area contributed by atoms with E-state index in [1.807, 2.05) is 40.2 Å². The summed E-state index contributed by atoms with van der Waals surface area (Å²) < 4.78 is 34.9. The van der Waals surface area contributed by atoms with Crippen molar-refractivity contribution < 1.29 is 42.4 Å².